The lowest BCUT2D eigenvalue weighted by atomic mass is 10.2. The van der Waals surface area contributed by atoms with Crippen LogP contribution in [0.2, 0.25) is 0 Å². The normalized spacial score (nSPS) is 17.2. The standard InChI is InChI=1S/C24H29N3O5S/c28-23-5-4-17-27(23)20-8-6-19(7-9-20)24(29)25-14-18-32-21-10-12-22(13-11-21)33(30,31)26-15-2-1-3-16-26/h6-13H,1-5,14-18H2,(H,25,29). The van der Waals surface area contributed by atoms with Crippen LogP contribution in [0.4, 0.5) is 5.69 Å². The highest BCUT2D eigenvalue weighted by atomic mass is 32.2. The summed E-state index contributed by atoms with van der Waals surface area (Å²) in [5.41, 5.74) is 1.32. The molecule has 0 radical (unpaired) electrons. The summed E-state index contributed by atoms with van der Waals surface area (Å²) in [5, 5.41) is 2.80. The molecule has 4 rings (SSSR count). The van der Waals surface area contributed by atoms with Crippen LogP contribution in [0.1, 0.15) is 42.5 Å². The molecule has 2 aliphatic heterocycles. The number of sulfonamides is 1. The first-order valence-corrected chi connectivity index (χ1v) is 12.8. The monoisotopic (exact) mass is 471 g/mol. The van der Waals surface area contributed by atoms with Crippen LogP contribution in [0.5, 0.6) is 5.75 Å². The van der Waals surface area contributed by atoms with Gasteiger partial charge in [0.2, 0.25) is 15.9 Å². The second-order valence-corrected chi connectivity index (χ2v) is 10.2. The summed E-state index contributed by atoms with van der Waals surface area (Å²) in [5.74, 6) is 0.434. The van der Waals surface area contributed by atoms with Crippen LogP contribution in [-0.2, 0) is 14.8 Å². The number of nitrogens with zero attached hydrogens (tertiary/aromatic N) is 2. The SMILES string of the molecule is O=C(NCCOc1ccc(S(=O)(=O)N2CCCCC2)cc1)c1ccc(N2CCCC2=O)cc1. The first-order valence-electron chi connectivity index (χ1n) is 11.4. The highest BCUT2D eigenvalue weighted by Crippen LogP contribution is 2.23. The van der Waals surface area contributed by atoms with Gasteiger partial charge in [-0.1, -0.05) is 6.42 Å². The minimum absolute atomic E-state index is 0.112. The zero-order valence-corrected chi connectivity index (χ0v) is 19.4. The van der Waals surface area contributed by atoms with E-state index in [1.807, 2.05) is 0 Å². The fourth-order valence-electron chi connectivity index (χ4n) is 4.11. The van der Waals surface area contributed by atoms with Crippen molar-refractivity contribution in [2.75, 3.05) is 37.7 Å². The Bertz CT molecular complexity index is 1080. The topological polar surface area (TPSA) is 96.0 Å². The number of amides is 2. The number of rotatable bonds is 8. The van der Waals surface area contributed by atoms with Crippen LogP contribution >= 0.6 is 0 Å². The largest absolute Gasteiger partial charge is 0.492 e. The Labute approximate surface area is 194 Å². The quantitative estimate of drug-likeness (QED) is 0.598. The van der Waals surface area contributed by atoms with Gasteiger partial charge in [0.05, 0.1) is 11.4 Å². The van der Waals surface area contributed by atoms with Crippen molar-refractivity contribution in [2.45, 2.75) is 37.0 Å². The Kier molecular flexibility index (Phi) is 7.29. The van der Waals surface area contributed by atoms with Gasteiger partial charge in [0.25, 0.3) is 5.91 Å². The number of carbonyl (C=O) groups is 2. The van der Waals surface area contributed by atoms with Gasteiger partial charge in [-0.15, -0.1) is 0 Å². The van der Waals surface area contributed by atoms with Crippen LogP contribution in [0.15, 0.2) is 53.4 Å². The van der Waals surface area contributed by atoms with Gasteiger partial charge >= 0.3 is 0 Å². The Morgan fingerprint density at radius 1 is 0.909 bits per heavy atom. The van der Waals surface area contributed by atoms with Gasteiger partial charge in [0.1, 0.15) is 12.4 Å². The molecular weight excluding hydrogens is 442 g/mol. The molecule has 0 saturated carbocycles. The average Bonchev–Trinajstić information content (AvgIpc) is 3.28. The number of carbonyl (C=O) groups excluding carboxylic acids is 2. The van der Waals surface area contributed by atoms with Gasteiger partial charge in [0.15, 0.2) is 0 Å². The Hall–Kier alpha value is -2.91. The molecule has 2 fully saturated rings. The van der Waals surface area contributed by atoms with Crippen LogP contribution < -0.4 is 15.0 Å². The third kappa shape index (κ3) is 5.54. The number of hydrogen-bond acceptors (Lipinski definition) is 5. The van der Waals surface area contributed by atoms with Crippen molar-refractivity contribution in [2.24, 2.45) is 0 Å². The first-order chi connectivity index (χ1) is 15.9. The zero-order chi connectivity index (χ0) is 23.3. The zero-order valence-electron chi connectivity index (χ0n) is 18.5. The molecule has 176 valence electrons. The summed E-state index contributed by atoms with van der Waals surface area (Å²) in [6.45, 7) is 2.41. The van der Waals surface area contributed by atoms with Gasteiger partial charge in [-0.25, -0.2) is 8.42 Å². The van der Waals surface area contributed by atoms with E-state index >= 15 is 0 Å². The molecule has 2 aliphatic rings. The number of anilines is 1. The Morgan fingerprint density at radius 2 is 1.61 bits per heavy atom. The molecule has 0 bridgehead atoms. The maximum Gasteiger partial charge on any atom is 0.251 e. The van der Waals surface area contributed by atoms with E-state index in [2.05, 4.69) is 5.32 Å². The highest BCUT2D eigenvalue weighted by Gasteiger charge is 2.25. The van der Waals surface area contributed by atoms with Crippen molar-refractivity contribution in [1.29, 1.82) is 0 Å². The maximum absolute atomic E-state index is 12.7. The molecule has 0 spiro atoms. The highest BCUT2D eigenvalue weighted by molar-refractivity contribution is 7.89. The van der Waals surface area contributed by atoms with Gasteiger partial charge in [-0.3, -0.25) is 9.59 Å². The summed E-state index contributed by atoms with van der Waals surface area (Å²) < 4.78 is 32.6. The molecule has 0 aromatic heterocycles. The van der Waals surface area contributed by atoms with Crippen molar-refractivity contribution >= 4 is 27.5 Å². The number of ether oxygens (including phenoxy) is 1. The lowest BCUT2D eigenvalue weighted by Gasteiger charge is -2.25. The summed E-state index contributed by atoms with van der Waals surface area (Å²) in [7, 11) is -3.46. The third-order valence-electron chi connectivity index (χ3n) is 5.95. The number of hydrogen-bond donors (Lipinski definition) is 1. The average molecular weight is 472 g/mol. The van der Waals surface area contributed by atoms with Crippen molar-refractivity contribution in [3.63, 3.8) is 0 Å². The van der Waals surface area contributed by atoms with E-state index in [9.17, 15) is 18.0 Å². The van der Waals surface area contributed by atoms with E-state index < -0.39 is 10.0 Å². The van der Waals surface area contributed by atoms with Crippen molar-refractivity contribution < 1.29 is 22.7 Å². The molecule has 2 aromatic carbocycles. The van der Waals surface area contributed by atoms with E-state index in [-0.39, 0.29) is 23.3 Å². The molecule has 2 aromatic rings. The van der Waals surface area contributed by atoms with Crippen LogP contribution in [0.3, 0.4) is 0 Å². The predicted octanol–water partition coefficient (Wildman–Crippen LogP) is 2.80. The molecular formula is C24H29N3O5S. The van der Waals surface area contributed by atoms with Gasteiger partial charge < -0.3 is 15.0 Å². The lowest BCUT2D eigenvalue weighted by molar-refractivity contribution is -0.117. The molecule has 0 aliphatic carbocycles. The molecule has 2 amide bonds. The fraction of sp³-hybridized carbons (Fsp3) is 0.417. The third-order valence-corrected chi connectivity index (χ3v) is 7.86. The van der Waals surface area contributed by atoms with E-state index in [1.165, 1.54) is 4.31 Å². The van der Waals surface area contributed by atoms with Crippen LogP contribution in [-0.4, -0.2) is 57.3 Å². The number of nitrogens with one attached hydrogen (secondary N) is 1. The van der Waals surface area contributed by atoms with Crippen LogP contribution in [0, 0.1) is 0 Å². The molecule has 8 nitrogen and oxygen atoms in total. The minimum atomic E-state index is -3.46. The van der Waals surface area contributed by atoms with Gasteiger partial charge in [-0.05, 0) is 67.8 Å². The Balaban J connectivity index is 1.23. The smallest absolute Gasteiger partial charge is 0.251 e. The molecule has 1 N–H and O–H groups in total. The predicted molar refractivity (Wildman–Crippen MR) is 125 cm³/mol. The molecule has 2 heterocycles. The number of benzene rings is 2. The second kappa shape index (κ2) is 10.4. The van der Waals surface area contributed by atoms with Gasteiger partial charge in [0, 0.05) is 37.3 Å². The van der Waals surface area contributed by atoms with Crippen LogP contribution in [0.25, 0.3) is 0 Å². The molecule has 33 heavy (non-hydrogen) atoms. The molecule has 0 atom stereocenters. The minimum Gasteiger partial charge on any atom is -0.492 e. The molecule has 0 unspecified atom stereocenters. The van der Waals surface area contributed by atoms with Gasteiger partial charge in [-0.2, -0.15) is 4.31 Å². The molecule has 2 saturated heterocycles. The summed E-state index contributed by atoms with van der Waals surface area (Å²) in [4.78, 5) is 26.2. The van der Waals surface area contributed by atoms with Crippen molar-refractivity contribution in [3.8, 4) is 5.75 Å². The summed E-state index contributed by atoms with van der Waals surface area (Å²) in [6.07, 6.45) is 4.29. The van der Waals surface area contributed by atoms with Crippen molar-refractivity contribution in [3.05, 3.63) is 54.1 Å². The number of piperidine rings is 1. The summed E-state index contributed by atoms with van der Waals surface area (Å²) in [6, 6.07) is 13.4. The van der Waals surface area contributed by atoms with E-state index in [0.717, 1.165) is 31.4 Å². The fourth-order valence-corrected chi connectivity index (χ4v) is 5.63. The van der Waals surface area contributed by atoms with E-state index in [0.29, 0.717) is 43.9 Å². The summed E-state index contributed by atoms with van der Waals surface area (Å²) >= 11 is 0. The molecule has 9 heteroatoms. The van der Waals surface area contributed by atoms with E-state index in [1.54, 1.807) is 53.4 Å². The lowest BCUT2D eigenvalue weighted by Crippen LogP contribution is -2.35. The second-order valence-electron chi connectivity index (χ2n) is 8.24. The maximum atomic E-state index is 12.7. The first kappa shape index (κ1) is 23.3. The van der Waals surface area contributed by atoms with Crippen molar-refractivity contribution in [1.82, 2.24) is 9.62 Å². The Morgan fingerprint density at radius 3 is 2.24 bits per heavy atom. The van der Waals surface area contributed by atoms with E-state index in [4.69, 9.17) is 4.74 Å².